The second-order valence-corrected chi connectivity index (χ2v) is 5.48. The zero-order valence-corrected chi connectivity index (χ0v) is 10.5. The molecule has 0 radical (unpaired) electrons. The highest BCUT2D eigenvalue weighted by Gasteiger charge is 2.48. The highest BCUT2D eigenvalue weighted by molar-refractivity contribution is 5.12. The lowest BCUT2D eigenvalue weighted by Gasteiger charge is -2.21. The molecule has 2 N–H and O–H groups in total. The molecule has 5 heteroatoms. The number of aryl methyl sites for hydroxylation is 1. The maximum absolute atomic E-state index is 6.47. The molecule has 0 amide bonds. The number of aromatic nitrogens is 2. The zero-order valence-electron chi connectivity index (χ0n) is 10.5. The van der Waals surface area contributed by atoms with Gasteiger partial charge in [0.25, 0.3) is 0 Å². The van der Waals surface area contributed by atoms with Crippen LogP contribution in [-0.4, -0.2) is 33.7 Å². The van der Waals surface area contributed by atoms with Crippen molar-refractivity contribution >= 4 is 0 Å². The van der Waals surface area contributed by atoms with E-state index in [1.54, 1.807) is 0 Å². The molecular weight excluding hydrogens is 216 g/mol. The Bertz CT molecular complexity index is 414. The predicted molar refractivity (Wildman–Crippen MR) is 63.3 cm³/mol. The first-order chi connectivity index (χ1) is 8.12. The molecule has 1 aliphatic carbocycles. The van der Waals surface area contributed by atoms with Crippen molar-refractivity contribution < 1.29 is 4.52 Å². The Morgan fingerprint density at radius 3 is 2.88 bits per heavy atom. The van der Waals surface area contributed by atoms with Crippen LogP contribution in [0.3, 0.4) is 0 Å². The predicted octanol–water partition coefficient (Wildman–Crippen LogP) is 1.04. The molecule has 94 valence electrons. The summed E-state index contributed by atoms with van der Waals surface area (Å²) in [5.41, 5.74) is 6.05. The maximum Gasteiger partial charge on any atom is 0.226 e. The van der Waals surface area contributed by atoms with Crippen molar-refractivity contribution in [1.82, 2.24) is 15.0 Å². The van der Waals surface area contributed by atoms with Crippen LogP contribution in [0.5, 0.6) is 0 Å². The monoisotopic (exact) mass is 236 g/mol. The molecule has 1 aromatic heterocycles. The summed E-state index contributed by atoms with van der Waals surface area (Å²) in [5.74, 6) is 1.37. The lowest BCUT2D eigenvalue weighted by atomic mass is 9.97. The van der Waals surface area contributed by atoms with E-state index in [2.05, 4.69) is 22.0 Å². The Morgan fingerprint density at radius 1 is 1.53 bits per heavy atom. The van der Waals surface area contributed by atoms with Gasteiger partial charge in [-0.3, -0.25) is 4.90 Å². The average molecular weight is 236 g/mol. The van der Waals surface area contributed by atoms with E-state index in [1.165, 1.54) is 12.8 Å². The third-order valence-electron chi connectivity index (χ3n) is 3.92. The van der Waals surface area contributed by atoms with Crippen LogP contribution >= 0.6 is 0 Å². The second-order valence-electron chi connectivity index (χ2n) is 5.48. The first kappa shape index (κ1) is 11.2. The van der Waals surface area contributed by atoms with E-state index in [9.17, 15) is 0 Å². The van der Waals surface area contributed by atoms with Gasteiger partial charge in [-0.15, -0.1) is 0 Å². The van der Waals surface area contributed by atoms with Gasteiger partial charge in [0.15, 0.2) is 5.82 Å². The summed E-state index contributed by atoms with van der Waals surface area (Å²) in [6.45, 7) is 5.11. The van der Waals surface area contributed by atoms with Gasteiger partial charge in [-0.25, -0.2) is 0 Å². The van der Waals surface area contributed by atoms with Crippen LogP contribution in [-0.2, 0) is 12.0 Å². The highest BCUT2D eigenvalue weighted by atomic mass is 16.5. The van der Waals surface area contributed by atoms with Gasteiger partial charge in [0.2, 0.25) is 5.89 Å². The molecule has 1 saturated carbocycles. The summed E-state index contributed by atoms with van der Waals surface area (Å²) in [6.07, 6.45) is 4.32. The van der Waals surface area contributed by atoms with Crippen LogP contribution in [0.15, 0.2) is 4.52 Å². The molecule has 0 aromatic carbocycles. The van der Waals surface area contributed by atoms with Gasteiger partial charge >= 0.3 is 0 Å². The first-order valence-corrected chi connectivity index (χ1v) is 6.50. The standard InChI is InChI=1S/C12H20N4O/c1-3-10-14-11(15-17-10)12(13)6-8(2)16(7-12)9-4-5-9/h8-9H,3-7,13H2,1-2H3. The average Bonchev–Trinajstić information content (AvgIpc) is 2.92. The minimum absolute atomic E-state index is 0.418. The molecule has 1 aliphatic heterocycles. The number of nitrogens with zero attached hydrogens (tertiary/aromatic N) is 3. The van der Waals surface area contributed by atoms with E-state index in [0.717, 1.165) is 25.4 Å². The Labute approximate surface area is 101 Å². The second kappa shape index (κ2) is 3.78. The minimum Gasteiger partial charge on any atom is -0.339 e. The molecule has 5 nitrogen and oxygen atoms in total. The molecule has 1 saturated heterocycles. The van der Waals surface area contributed by atoms with Crippen molar-refractivity contribution in [2.45, 2.75) is 57.2 Å². The van der Waals surface area contributed by atoms with Crippen molar-refractivity contribution in [1.29, 1.82) is 0 Å². The van der Waals surface area contributed by atoms with Gasteiger partial charge in [-0.05, 0) is 26.2 Å². The van der Waals surface area contributed by atoms with Gasteiger partial charge in [-0.1, -0.05) is 12.1 Å². The van der Waals surface area contributed by atoms with E-state index >= 15 is 0 Å². The first-order valence-electron chi connectivity index (χ1n) is 6.50. The van der Waals surface area contributed by atoms with Crippen LogP contribution in [0.4, 0.5) is 0 Å². The van der Waals surface area contributed by atoms with Crippen LogP contribution in [0.1, 0.15) is 44.8 Å². The molecule has 2 aliphatic rings. The lowest BCUT2D eigenvalue weighted by Crippen LogP contribution is -2.41. The Hall–Kier alpha value is -0.940. The zero-order chi connectivity index (χ0) is 12.0. The fraction of sp³-hybridized carbons (Fsp3) is 0.833. The van der Waals surface area contributed by atoms with Gasteiger partial charge < -0.3 is 10.3 Å². The van der Waals surface area contributed by atoms with Crippen molar-refractivity contribution in [2.24, 2.45) is 5.73 Å². The van der Waals surface area contributed by atoms with Crippen LogP contribution < -0.4 is 5.73 Å². The quantitative estimate of drug-likeness (QED) is 0.849. The Kier molecular flexibility index (Phi) is 2.48. The van der Waals surface area contributed by atoms with Gasteiger partial charge in [0, 0.05) is 25.0 Å². The van der Waals surface area contributed by atoms with Crippen LogP contribution in [0.2, 0.25) is 0 Å². The summed E-state index contributed by atoms with van der Waals surface area (Å²) in [5, 5.41) is 4.05. The van der Waals surface area contributed by atoms with Gasteiger partial charge in [0.05, 0.1) is 5.54 Å². The van der Waals surface area contributed by atoms with Crippen LogP contribution in [0, 0.1) is 0 Å². The van der Waals surface area contributed by atoms with Gasteiger partial charge in [0.1, 0.15) is 0 Å². The molecule has 2 heterocycles. The fourth-order valence-corrected chi connectivity index (χ4v) is 2.85. The molecule has 1 aromatic rings. The summed E-state index contributed by atoms with van der Waals surface area (Å²) >= 11 is 0. The smallest absolute Gasteiger partial charge is 0.226 e. The van der Waals surface area contributed by atoms with Gasteiger partial charge in [-0.2, -0.15) is 4.98 Å². The molecular formula is C12H20N4O. The third-order valence-corrected chi connectivity index (χ3v) is 3.92. The molecule has 3 rings (SSSR count). The summed E-state index contributed by atoms with van der Waals surface area (Å²) in [7, 11) is 0. The normalized spacial score (nSPS) is 34.4. The molecule has 17 heavy (non-hydrogen) atoms. The summed E-state index contributed by atoms with van der Waals surface area (Å²) in [6, 6.07) is 1.27. The SMILES string of the molecule is CCc1nc(C2(N)CC(C)N(C3CC3)C2)no1. The molecule has 2 atom stereocenters. The van der Waals surface area contributed by atoms with E-state index in [-0.39, 0.29) is 0 Å². The largest absolute Gasteiger partial charge is 0.339 e. The number of hydrogen-bond donors (Lipinski definition) is 1. The summed E-state index contributed by atoms with van der Waals surface area (Å²) in [4.78, 5) is 6.90. The number of hydrogen-bond acceptors (Lipinski definition) is 5. The highest BCUT2D eigenvalue weighted by Crippen LogP contribution is 2.39. The molecule has 2 fully saturated rings. The topological polar surface area (TPSA) is 68.2 Å². The van der Waals surface area contributed by atoms with E-state index < -0.39 is 5.54 Å². The number of rotatable bonds is 3. The van der Waals surface area contributed by atoms with Crippen molar-refractivity contribution in [3.8, 4) is 0 Å². The summed E-state index contributed by atoms with van der Waals surface area (Å²) < 4.78 is 5.18. The lowest BCUT2D eigenvalue weighted by molar-refractivity contribution is 0.247. The molecule has 2 unspecified atom stereocenters. The number of nitrogens with two attached hydrogens (primary N) is 1. The van der Waals surface area contributed by atoms with Crippen molar-refractivity contribution in [2.75, 3.05) is 6.54 Å². The third kappa shape index (κ3) is 1.87. The van der Waals surface area contributed by atoms with E-state index in [0.29, 0.717) is 17.8 Å². The number of likely N-dealkylation sites (tertiary alicyclic amines) is 1. The molecule has 0 spiro atoms. The fourth-order valence-electron chi connectivity index (χ4n) is 2.85. The molecule has 0 bridgehead atoms. The van der Waals surface area contributed by atoms with E-state index in [4.69, 9.17) is 10.3 Å². The van der Waals surface area contributed by atoms with Crippen molar-refractivity contribution in [3.63, 3.8) is 0 Å². The van der Waals surface area contributed by atoms with Crippen LogP contribution in [0.25, 0.3) is 0 Å². The van der Waals surface area contributed by atoms with E-state index in [1.807, 2.05) is 6.92 Å². The van der Waals surface area contributed by atoms with Crippen molar-refractivity contribution in [3.05, 3.63) is 11.7 Å². The Balaban J connectivity index is 1.81. The maximum atomic E-state index is 6.47. The minimum atomic E-state index is -0.418. The Morgan fingerprint density at radius 2 is 2.29 bits per heavy atom.